The molecule has 104 valence electrons. The monoisotopic (exact) mass is 299 g/mol. The summed E-state index contributed by atoms with van der Waals surface area (Å²) in [7, 11) is 0. The lowest BCUT2D eigenvalue weighted by molar-refractivity contribution is -0.154. The number of carbonyl (C=O) groups is 2. The number of hydrogen-bond donors (Lipinski definition) is 2. The van der Waals surface area contributed by atoms with Crippen LogP contribution >= 0.6 is 23.1 Å². The van der Waals surface area contributed by atoms with Crippen molar-refractivity contribution in [1.82, 2.24) is 5.32 Å². The van der Waals surface area contributed by atoms with Gasteiger partial charge < -0.3 is 10.4 Å². The number of aliphatic carboxylic acids is 1. The third-order valence-corrected chi connectivity index (χ3v) is 5.49. The summed E-state index contributed by atoms with van der Waals surface area (Å²) >= 11 is 3.23. The molecule has 1 aromatic rings. The van der Waals surface area contributed by atoms with Crippen LogP contribution in [-0.2, 0) is 15.3 Å². The van der Waals surface area contributed by atoms with Gasteiger partial charge in [-0.25, -0.2) is 0 Å². The zero-order chi connectivity index (χ0) is 13.7. The summed E-state index contributed by atoms with van der Waals surface area (Å²) in [5.41, 5.74) is -0.700. The fourth-order valence-electron chi connectivity index (χ4n) is 2.03. The van der Waals surface area contributed by atoms with Crippen LogP contribution in [0.25, 0.3) is 0 Å². The molecule has 1 saturated carbocycles. The van der Waals surface area contributed by atoms with Gasteiger partial charge in [-0.05, 0) is 24.3 Å². The summed E-state index contributed by atoms with van der Waals surface area (Å²) in [4.78, 5) is 24.0. The molecule has 2 rings (SSSR count). The number of carboxylic acids is 1. The van der Waals surface area contributed by atoms with Crippen molar-refractivity contribution < 1.29 is 14.7 Å². The van der Waals surface area contributed by atoms with Crippen molar-refractivity contribution in [3.63, 3.8) is 0 Å². The molecule has 2 N–H and O–H groups in total. The van der Waals surface area contributed by atoms with Gasteiger partial charge in [0.25, 0.3) is 0 Å². The van der Waals surface area contributed by atoms with Gasteiger partial charge >= 0.3 is 5.97 Å². The van der Waals surface area contributed by atoms with E-state index in [1.54, 1.807) is 23.1 Å². The van der Waals surface area contributed by atoms with Crippen LogP contribution in [0.1, 0.15) is 24.1 Å². The molecule has 6 heteroatoms. The van der Waals surface area contributed by atoms with Crippen molar-refractivity contribution in [2.75, 3.05) is 12.3 Å². The number of thiophene rings is 1. The Morgan fingerprint density at radius 3 is 2.79 bits per heavy atom. The smallest absolute Gasteiger partial charge is 0.311 e. The summed E-state index contributed by atoms with van der Waals surface area (Å²) in [6, 6.07) is 4.04. The second-order valence-corrected chi connectivity index (χ2v) is 6.81. The van der Waals surface area contributed by atoms with Crippen LogP contribution in [0, 0.1) is 5.41 Å². The average Bonchev–Trinajstić information content (AvgIpc) is 2.80. The zero-order valence-electron chi connectivity index (χ0n) is 10.6. The first-order chi connectivity index (χ1) is 9.12. The minimum atomic E-state index is -0.787. The van der Waals surface area contributed by atoms with Crippen molar-refractivity contribution >= 4 is 35.0 Å². The van der Waals surface area contributed by atoms with E-state index in [1.165, 1.54) is 4.88 Å². The predicted molar refractivity (Wildman–Crippen MR) is 77.4 cm³/mol. The maximum absolute atomic E-state index is 11.7. The number of thioether (sulfide) groups is 1. The molecular formula is C13H17NO3S2. The molecule has 4 nitrogen and oxygen atoms in total. The van der Waals surface area contributed by atoms with Crippen LogP contribution in [0.4, 0.5) is 0 Å². The summed E-state index contributed by atoms with van der Waals surface area (Å²) in [5.74, 6) is 0.349. The largest absolute Gasteiger partial charge is 0.481 e. The van der Waals surface area contributed by atoms with Crippen LogP contribution in [-0.4, -0.2) is 29.3 Å². The molecule has 0 aromatic carbocycles. The molecule has 19 heavy (non-hydrogen) atoms. The molecule has 0 atom stereocenters. The van der Waals surface area contributed by atoms with Crippen LogP contribution in [0.5, 0.6) is 0 Å². The van der Waals surface area contributed by atoms with Crippen molar-refractivity contribution in [3.05, 3.63) is 22.4 Å². The lowest BCUT2D eigenvalue weighted by Crippen LogP contribution is -2.47. The molecule has 0 bridgehead atoms. The molecule has 0 radical (unpaired) electrons. The molecule has 0 unspecified atom stereocenters. The maximum Gasteiger partial charge on any atom is 0.311 e. The van der Waals surface area contributed by atoms with E-state index < -0.39 is 11.4 Å². The van der Waals surface area contributed by atoms with E-state index in [-0.39, 0.29) is 12.5 Å². The highest BCUT2D eigenvalue weighted by Crippen LogP contribution is 2.40. The first kappa shape index (κ1) is 14.4. The highest BCUT2D eigenvalue weighted by atomic mass is 32.2. The third-order valence-electron chi connectivity index (χ3n) is 3.45. The number of carboxylic acid groups (broad SMARTS) is 1. The highest BCUT2D eigenvalue weighted by Gasteiger charge is 2.44. The Balaban J connectivity index is 1.66. The average molecular weight is 299 g/mol. The van der Waals surface area contributed by atoms with Gasteiger partial charge in [0.05, 0.1) is 11.2 Å². The van der Waals surface area contributed by atoms with E-state index in [9.17, 15) is 9.59 Å². The number of carbonyl (C=O) groups excluding carboxylic acids is 1. The van der Waals surface area contributed by atoms with Crippen LogP contribution in [0.2, 0.25) is 0 Å². The second-order valence-electron chi connectivity index (χ2n) is 4.79. The topological polar surface area (TPSA) is 66.4 Å². The predicted octanol–water partition coefficient (Wildman–Crippen LogP) is 2.35. The molecule has 1 aliphatic carbocycles. The Bertz CT molecular complexity index is 441. The molecule has 1 amide bonds. The van der Waals surface area contributed by atoms with E-state index in [2.05, 4.69) is 5.32 Å². The maximum atomic E-state index is 11.7. The van der Waals surface area contributed by atoms with Gasteiger partial charge in [-0.2, -0.15) is 0 Å². The molecule has 1 aromatic heterocycles. The first-order valence-corrected chi connectivity index (χ1v) is 8.26. The Labute approximate surface area is 120 Å². The van der Waals surface area contributed by atoms with Gasteiger partial charge in [0.2, 0.25) is 5.91 Å². The fraction of sp³-hybridized carbons (Fsp3) is 0.538. The number of hydrogen-bond acceptors (Lipinski definition) is 4. The molecule has 0 saturated heterocycles. The van der Waals surface area contributed by atoms with E-state index in [1.807, 2.05) is 17.5 Å². The van der Waals surface area contributed by atoms with E-state index in [4.69, 9.17) is 5.11 Å². The molecule has 1 fully saturated rings. The number of rotatable bonds is 7. The minimum absolute atomic E-state index is 0.0749. The lowest BCUT2D eigenvalue weighted by atomic mass is 9.69. The minimum Gasteiger partial charge on any atom is -0.481 e. The van der Waals surface area contributed by atoms with E-state index >= 15 is 0 Å². The molecule has 1 aliphatic rings. The standard InChI is InChI=1S/C13H17NO3S2/c15-11(8-18-7-10-3-1-6-19-10)14-9-13(12(16)17)4-2-5-13/h1,3,6H,2,4-5,7-9H2,(H,14,15)(H,16,17). The normalized spacial score (nSPS) is 16.6. The SMILES string of the molecule is O=C(CSCc1cccs1)NCC1(C(=O)O)CCC1. The van der Waals surface area contributed by atoms with Gasteiger partial charge in [0.1, 0.15) is 0 Å². The molecule has 0 aliphatic heterocycles. The third kappa shape index (κ3) is 3.73. The van der Waals surface area contributed by atoms with Crippen molar-refractivity contribution in [3.8, 4) is 0 Å². The van der Waals surface area contributed by atoms with Crippen molar-refractivity contribution in [1.29, 1.82) is 0 Å². The lowest BCUT2D eigenvalue weighted by Gasteiger charge is -2.37. The summed E-state index contributed by atoms with van der Waals surface area (Å²) in [6.07, 6.45) is 2.28. The highest BCUT2D eigenvalue weighted by molar-refractivity contribution is 7.99. The van der Waals surface area contributed by atoms with Gasteiger partial charge in [-0.3, -0.25) is 9.59 Å². The molecular weight excluding hydrogens is 282 g/mol. The van der Waals surface area contributed by atoms with Crippen LogP contribution in [0.15, 0.2) is 17.5 Å². The Morgan fingerprint density at radius 1 is 1.47 bits per heavy atom. The Hall–Kier alpha value is -1.01. The summed E-state index contributed by atoms with van der Waals surface area (Å²) < 4.78 is 0. The summed E-state index contributed by atoms with van der Waals surface area (Å²) in [6.45, 7) is 0.265. The van der Waals surface area contributed by atoms with Gasteiger partial charge in [-0.1, -0.05) is 12.5 Å². The van der Waals surface area contributed by atoms with Crippen LogP contribution < -0.4 is 5.32 Å². The molecule has 1 heterocycles. The second kappa shape index (κ2) is 6.43. The van der Waals surface area contributed by atoms with Gasteiger partial charge in [0, 0.05) is 17.2 Å². The number of amides is 1. The fourth-order valence-corrected chi connectivity index (χ4v) is 3.73. The quantitative estimate of drug-likeness (QED) is 0.811. The summed E-state index contributed by atoms with van der Waals surface area (Å²) in [5, 5.41) is 13.9. The first-order valence-electron chi connectivity index (χ1n) is 6.23. The van der Waals surface area contributed by atoms with Crippen LogP contribution in [0.3, 0.4) is 0 Å². The van der Waals surface area contributed by atoms with E-state index in [0.29, 0.717) is 18.6 Å². The Kier molecular flexibility index (Phi) is 4.87. The van der Waals surface area contributed by atoms with Gasteiger partial charge in [0.15, 0.2) is 0 Å². The number of nitrogens with one attached hydrogen (secondary N) is 1. The Morgan fingerprint density at radius 2 is 2.26 bits per heavy atom. The zero-order valence-corrected chi connectivity index (χ0v) is 12.2. The van der Waals surface area contributed by atoms with Crippen molar-refractivity contribution in [2.24, 2.45) is 5.41 Å². The molecule has 0 spiro atoms. The van der Waals surface area contributed by atoms with E-state index in [0.717, 1.165) is 12.2 Å². The van der Waals surface area contributed by atoms with Crippen molar-refractivity contribution in [2.45, 2.75) is 25.0 Å². The van der Waals surface area contributed by atoms with Gasteiger partial charge in [-0.15, -0.1) is 23.1 Å².